The first kappa shape index (κ1) is 145. The van der Waals surface area contributed by atoms with Crippen LogP contribution in [-0.2, 0) is 0 Å². The lowest BCUT2D eigenvalue weighted by Gasteiger charge is -1.07. The van der Waals surface area contributed by atoms with E-state index in [1.165, 1.54) is 0 Å². The molecule has 0 heterocycles. The molecule has 0 saturated heterocycles. The fourth-order valence-electron chi connectivity index (χ4n) is 0. The van der Waals surface area contributed by atoms with E-state index < -0.39 is 0 Å². The maximum atomic E-state index is 2.00. The van der Waals surface area contributed by atoms with Crippen LogP contribution in [-0.4, -0.2) is 0 Å². The van der Waals surface area contributed by atoms with Crippen molar-refractivity contribution in [2.45, 2.75) is 236 Å². The predicted octanol–water partition coefficient (Wildman–Crippen LogP) is 17.7. The van der Waals surface area contributed by atoms with E-state index in [9.17, 15) is 0 Å². The Bertz CT molecular complexity index is 0. The van der Waals surface area contributed by atoms with Crippen molar-refractivity contribution in [3.63, 3.8) is 0 Å². The molecule has 0 aromatic rings. The molecule has 0 aliphatic carbocycles. The largest absolute Gasteiger partial charge is 0.0776 e. The minimum Gasteiger partial charge on any atom is -0.0776 e. The highest BCUT2D eigenvalue weighted by Gasteiger charge is 0.962. The van der Waals surface area contributed by atoms with Crippen LogP contribution in [0.5, 0.6) is 0 Å². The first-order chi connectivity index (χ1) is 16.0. The van der Waals surface area contributed by atoms with Crippen LogP contribution in [0.2, 0.25) is 0 Å². The second-order valence-electron chi connectivity index (χ2n) is 0. The molecule has 0 atom stereocenters. The Balaban J connectivity index is -0.00000000500. The highest BCUT2D eigenvalue weighted by atomic mass is 13.0. The zero-order valence-corrected chi connectivity index (χ0v) is 32.0. The van der Waals surface area contributed by atoms with Gasteiger partial charge in [-0.3, -0.25) is 0 Å². The Kier molecular flexibility index (Phi) is 0. The van der Waals surface area contributed by atoms with Gasteiger partial charge in [0.15, 0.2) is 0 Å². The van der Waals surface area contributed by atoms with Gasteiger partial charge < -0.3 is 0 Å². The molecule has 0 amide bonds. The van der Waals surface area contributed by atoms with Gasteiger partial charge in [0.05, 0.1) is 0 Å². The van der Waals surface area contributed by atoms with Gasteiger partial charge in [-0.2, -0.15) is 0 Å². The molecule has 0 bridgehead atoms. The topological polar surface area (TPSA) is 0 Å². The van der Waals surface area contributed by atoms with E-state index in [1.54, 1.807) is 0 Å². The molecule has 0 spiro atoms. The van der Waals surface area contributed by atoms with E-state index in [1.807, 2.05) is 222 Å². The number of rotatable bonds is 0. The fourth-order valence-corrected chi connectivity index (χ4v) is 0. The minimum atomic E-state index is 0. The van der Waals surface area contributed by atoms with Crippen LogP contribution in [0.15, 0.2) is 0 Å². The standard InChI is InChI=1S/16C2H6.2CH4/c16*1-2;;/h16*1-2H3;2*1H4. The highest BCUT2D eigenvalue weighted by molar-refractivity contribution is 3.53. The van der Waals surface area contributed by atoms with E-state index in [4.69, 9.17) is 0 Å². The third-order valence-corrected chi connectivity index (χ3v) is 0. The van der Waals surface area contributed by atoms with Crippen molar-refractivity contribution in [3.8, 4) is 0 Å². The average molecular weight is 513 g/mol. The highest BCUT2D eigenvalue weighted by Crippen LogP contribution is 1.17. The normalized spacial score (nSPS) is 2.82. The molecule has 0 fully saturated rings. The molecule has 0 aliphatic heterocycles. The lowest BCUT2D eigenvalue weighted by atomic mass is 11.0. The van der Waals surface area contributed by atoms with E-state index >= 15 is 0 Å². The molecule has 0 aromatic heterocycles. The molecule has 0 aromatic carbocycles. The molecule has 0 nitrogen and oxygen atoms in total. The lowest BCUT2D eigenvalue weighted by Crippen LogP contribution is -0.856. The smallest absolute Gasteiger partial charge is 0.0683 e. The Morgan fingerprint density at radius 1 is 0.0882 bits per heavy atom. The molecule has 0 aliphatic rings. The summed E-state index contributed by atoms with van der Waals surface area (Å²) in [6.07, 6.45) is 0. The number of hydrogen-bond acceptors (Lipinski definition) is 0. The van der Waals surface area contributed by atoms with Crippen molar-refractivity contribution in [2.75, 3.05) is 0 Å². The van der Waals surface area contributed by atoms with Crippen LogP contribution < -0.4 is 0 Å². The van der Waals surface area contributed by atoms with Crippen molar-refractivity contribution in [1.29, 1.82) is 0 Å². The molecule has 0 rings (SSSR count). The summed E-state index contributed by atoms with van der Waals surface area (Å²) in [5, 5.41) is 0. The molecular weight excluding hydrogens is 408 g/mol. The monoisotopic (exact) mass is 513 g/mol. The van der Waals surface area contributed by atoms with Gasteiger partial charge >= 0.3 is 0 Å². The van der Waals surface area contributed by atoms with Crippen LogP contribution >= 0.6 is 0 Å². The van der Waals surface area contributed by atoms with Crippen molar-refractivity contribution in [2.24, 2.45) is 0 Å². The lowest BCUT2D eigenvalue weighted by molar-refractivity contribution is 1.50. The second-order valence-corrected chi connectivity index (χ2v) is 0. The molecule has 34 heavy (non-hydrogen) atoms. The Morgan fingerprint density at radius 2 is 0.0882 bits per heavy atom. The Hall–Kier alpha value is 0. The van der Waals surface area contributed by atoms with Gasteiger partial charge in [-0.05, 0) is 0 Å². The van der Waals surface area contributed by atoms with Gasteiger partial charge in [-0.1, -0.05) is 236 Å². The SMILES string of the molecule is C.C.CC.CC.CC.CC.CC.CC.CC.CC.CC.CC.CC.CC.CC.CC.CC.CC. The third kappa shape index (κ3) is 0. The Labute approximate surface area is 236 Å². The summed E-state index contributed by atoms with van der Waals surface area (Å²) in [5.74, 6) is 0. The number of hydrogen-bond donors (Lipinski definition) is 0. The van der Waals surface area contributed by atoms with Crippen LogP contribution in [0, 0.1) is 0 Å². The van der Waals surface area contributed by atoms with Gasteiger partial charge in [-0.15, -0.1) is 0 Å². The zero-order chi connectivity index (χ0) is 32.0. The van der Waals surface area contributed by atoms with E-state index in [0.29, 0.717) is 0 Å². The molecule has 0 saturated carbocycles. The van der Waals surface area contributed by atoms with Crippen LogP contribution in [0.3, 0.4) is 0 Å². The van der Waals surface area contributed by atoms with Crippen LogP contribution in [0.4, 0.5) is 0 Å². The van der Waals surface area contributed by atoms with Crippen molar-refractivity contribution < 1.29 is 0 Å². The fraction of sp³-hybridized carbons (Fsp3) is 1.00. The van der Waals surface area contributed by atoms with Crippen molar-refractivity contribution in [1.82, 2.24) is 0 Å². The average Bonchev–Trinajstić information content (AvgIpc) is 3.05. The van der Waals surface area contributed by atoms with Crippen LogP contribution in [0.1, 0.15) is 236 Å². The maximum Gasteiger partial charge on any atom is -0.0683 e. The van der Waals surface area contributed by atoms with E-state index in [2.05, 4.69) is 0 Å². The van der Waals surface area contributed by atoms with Gasteiger partial charge in [0.1, 0.15) is 0 Å². The van der Waals surface area contributed by atoms with Gasteiger partial charge in [0.2, 0.25) is 0 Å². The predicted molar refractivity (Wildman–Crippen MR) is 195 cm³/mol. The minimum absolute atomic E-state index is 0. The van der Waals surface area contributed by atoms with E-state index in [-0.39, 0.29) is 14.9 Å². The van der Waals surface area contributed by atoms with Gasteiger partial charge in [0, 0.05) is 0 Å². The summed E-state index contributed by atoms with van der Waals surface area (Å²) in [7, 11) is 0. The van der Waals surface area contributed by atoms with Crippen molar-refractivity contribution >= 4 is 0 Å². The summed E-state index contributed by atoms with van der Waals surface area (Å²) < 4.78 is 0. The second kappa shape index (κ2) is 0. The molecule has 0 N–H and O–H groups in total. The third-order valence-electron chi connectivity index (χ3n) is 0. The summed E-state index contributed by atoms with van der Waals surface area (Å²) >= 11 is 0. The maximum absolute atomic E-state index is 2.00. The summed E-state index contributed by atoms with van der Waals surface area (Å²) in [4.78, 5) is 0. The molecular formula is C34H104. The van der Waals surface area contributed by atoms with Gasteiger partial charge in [-0.25, -0.2) is 0 Å². The summed E-state index contributed by atoms with van der Waals surface area (Å²) in [6.45, 7) is 64.0. The molecule has 240 valence electrons. The van der Waals surface area contributed by atoms with Crippen LogP contribution in [0.25, 0.3) is 0 Å². The zero-order valence-electron chi connectivity index (χ0n) is 32.0. The molecule has 0 heteroatoms. The molecule has 0 unspecified atom stereocenters. The summed E-state index contributed by atoms with van der Waals surface area (Å²) in [5.41, 5.74) is 0. The molecule has 0 radical (unpaired) electrons. The Morgan fingerprint density at radius 3 is 0.0882 bits per heavy atom. The van der Waals surface area contributed by atoms with Gasteiger partial charge in [0.25, 0.3) is 0 Å². The first-order valence-corrected chi connectivity index (χ1v) is 16.0. The first-order valence-electron chi connectivity index (χ1n) is 16.0. The van der Waals surface area contributed by atoms with Crippen molar-refractivity contribution in [3.05, 3.63) is 0 Å². The van der Waals surface area contributed by atoms with E-state index in [0.717, 1.165) is 0 Å². The quantitative estimate of drug-likeness (QED) is 0.302. The summed E-state index contributed by atoms with van der Waals surface area (Å²) in [6, 6.07) is 0.